The summed E-state index contributed by atoms with van der Waals surface area (Å²) in [6.45, 7) is 0. The van der Waals surface area contributed by atoms with Gasteiger partial charge >= 0.3 is 0 Å². The number of aryl methyl sites for hydroxylation is 1. The van der Waals surface area contributed by atoms with E-state index in [1.54, 1.807) is 42.2 Å². The minimum atomic E-state index is -0.648. The topological polar surface area (TPSA) is 60.9 Å². The molecule has 81 valence electrons. The molecule has 0 amide bonds. The number of hydrogen-bond donors (Lipinski definition) is 1. The van der Waals surface area contributed by atoms with Crippen LogP contribution in [0.5, 0.6) is 0 Å². The zero-order valence-corrected chi connectivity index (χ0v) is 8.92. The first-order valence-electron chi connectivity index (χ1n) is 4.92. The van der Waals surface area contributed by atoms with Gasteiger partial charge < -0.3 is 10.3 Å². The fraction of sp³-hybridized carbons (Fsp3) is 0.167. The molecular formula is C12H12N3O. The van der Waals surface area contributed by atoms with Crippen molar-refractivity contribution >= 4 is 5.78 Å². The third kappa shape index (κ3) is 1.87. The number of carbonyl (C=O) groups is 1. The minimum Gasteiger partial charge on any atom is -0.331 e. The number of Topliss-reactive ketones (excluding diaryl/α,β-unsaturated/α-hetero) is 1. The zero-order chi connectivity index (χ0) is 11.5. The van der Waals surface area contributed by atoms with E-state index in [-0.39, 0.29) is 5.78 Å². The van der Waals surface area contributed by atoms with Crippen molar-refractivity contribution in [3.63, 3.8) is 0 Å². The minimum absolute atomic E-state index is 0.133. The Balaban J connectivity index is 2.27. The predicted octanol–water partition coefficient (Wildman–Crippen LogP) is 1.10. The molecule has 4 heteroatoms. The second-order valence-corrected chi connectivity index (χ2v) is 3.57. The highest BCUT2D eigenvalue weighted by molar-refractivity contribution is 5.99. The fourth-order valence-corrected chi connectivity index (χ4v) is 1.51. The van der Waals surface area contributed by atoms with Gasteiger partial charge in [-0.25, -0.2) is 4.98 Å². The molecule has 0 aliphatic heterocycles. The van der Waals surface area contributed by atoms with Gasteiger partial charge in [-0.2, -0.15) is 0 Å². The highest BCUT2D eigenvalue weighted by atomic mass is 16.1. The predicted molar refractivity (Wildman–Crippen MR) is 59.7 cm³/mol. The molecule has 0 saturated carbocycles. The Morgan fingerprint density at radius 2 is 2.19 bits per heavy atom. The number of benzene rings is 1. The smallest absolute Gasteiger partial charge is 0.201 e. The molecule has 1 aromatic carbocycles. The molecule has 1 aromatic heterocycles. The van der Waals surface area contributed by atoms with Gasteiger partial charge in [-0.05, 0) is 11.6 Å². The maximum absolute atomic E-state index is 12.0. The van der Waals surface area contributed by atoms with E-state index in [0.29, 0.717) is 5.69 Å². The summed E-state index contributed by atoms with van der Waals surface area (Å²) in [4.78, 5) is 15.9. The normalized spacial score (nSPS) is 12.4. The maximum atomic E-state index is 12.0. The molecule has 1 heterocycles. The zero-order valence-electron chi connectivity index (χ0n) is 8.92. The van der Waals surface area contributed by atoms with Crippen molar-refractivity contribution < 1.29 is 4.79 Å². The van der Waals surface area contributed by atoms with Gasteiger partial charge in [0.25, 0.3) is 0 Å². The highest BCUT2D eigenvalue weighted by Gasteiger charge is 2.19. The molecular weight excluding hydrogens is 202 g/mol. The van der Waals surface area contributed by atoms with Crippen molar-refractivity contribution in [2.75, 3.05) is 0 Å². The van der Waals surface area contributed by atoms with E-state index in [4.69, 9.17) is 5.73 Å². The molecule has 4 nitrogen and oxygen atoms in total. The van der Waals surface area contributed by atoms with Crippen molar-refractivity contribution in [1.29, 1.82) is 0 Å². The summed E-state index contributed by atoms with van der Waals surface area (Å²) in [7, 11) is 1.77. The Hall–Kier alpha value is -1.94. The van der Waals surface area contributed by atoms with Crippen LogP contribution in [-0.2, 0) is 7.05 Å². The second kappa shape index (κ2) is 4.28. The molecule has 0 aliphatic rings. The fourth-order valence-electron chi connectivity index (χ4n) is 1.51. The van der Waals surface area contributed by atoms with Crippen LogP contribution in [0.4, 0.5) is 0 Å². The number of imidazole rings is 1. The van der Waals surface area contributed by atoms with Gasteiger partial charge in [-0.15, -0.1) is 0 Å². The van der Waals surface area contributed by atoms with Crippen molar-refractivity contribution in [2.45, 2.75) is 6.04 Å². The van der Waals surface area contributed by atoms with Crippen molar-refractivity contribution in [3.05, 3.63) is 54.1 Å². The van der Waals surface area contributed by atoms with Crippen LogP contribution >= 0.6 is 0 Å². The number of rotatable bonds is 3. The number of ketones is 1. The van der Waals surface area contributed by atoms with Gasteiger partial charge in [0.05, 0.1) is 18.6 Å². The van der Waals surface area contributed by atoms with Gasteiger partial charge in [-0.3, -0.25) is 4.79 Å². The first-order valence-corrected chi connectivity index (χ1v) is 4.92. The van der Waals surface area contributed by atoms with Crippen LogP contribution in [0.25, 0.3) is 0 Å². The third-order valence-electron chi connectivity index (χ3n) is 2.45. The molecule has 0 fully saturated rings. The lowest BCUT2D eigenvalue weighted by atomic mass is 10.0. The lowest BCUT2D eigenvalue weighted by molar-refractivity contribution is 0.0953. The second-order valence-electron chi connectivity index (χ2n) is 3.57. The molecule has 2 rings (SSSR count). The molecule has 0 saturated heterocycles. The van der Waals surface area contributed by atoms with E-state index >= 15 is 0 Å². The summed E-state index contributed by atoms with van der Waals surface area (Å²) < 4.78 is 1.66. The van der Waals surface area contributed by atoms with Crippen LogP contribution in [-0.4, -0.2) is 15.3 Å². The van der Waals surface area contributed by atoms with Gasteiger partial charge in [0.15, 0.2) is 0 Å². The number of hydrogen-bond acceptors (Lipinski definition) is 3. The van der Waals surface area contributed by atoms with Crippen LogP contribution in [0.3, 0.4) is 0 Å². The van der Waals surface area contributed by atoms with Crippen molar-refractivity contribution in [2.24, 2.45) is 12.8 Å². The molecule has 2 N–H and O–H groups in total. The lowest BCUT2D eigenvalue weighted by Crippen LogP contribution is -2.23. The first-order chi connectivity index (χ1) is 7.70. The Morgan fingerprint density at radius 3 is 2.75 bits per heavy atom. The summed E-state index contributed by atoms with van der Waals surface area (Å²) in [6.07, 6.45) is 3.11. The Bertz CT molecular complexity index is 490. The number of nitrogens with two attached hydrogens (primary N) is 1. The number of carbonyl (C=O) groups excluding carboxylic acids is 1. The summed E-state index contributed by atoms with van der Waals surface area (Å²) in [6, 6.07) is 9.30. The van der Waals surface area contributed by atoms with Gasteiger partial charge in [0, 0.05) is 7.05 Å². The van der Waals surface area contributed by atoms with Gasteiger partial charge in [0.1, 0.15) is 5.69 Å². The standard InChI is InChI=1S/C12H12N3O/c1-15-8-14-7-10(15)12(16)11(13)9-5-3-2-4-6-9/h3-8,11H,13H2,1H3. The average Bonchev–Trinajstić information content (AvgIpc) is 2.75. The number of aromatic nitrogens is 2. The molecule has 0 aliphatic carbocycles. The molecule has 0 spiro atoms. The van der Waals surface area contributed by atoms with E-state index in [0.717, 1.165) is 5.56 Å². The summed E-state index contributed by atoms with van der Waals surface area (Å²) >= 11 is 0. The SMILES string of the molecule is Cn1cncc1C(=O)C(N)c1cc[c]cc1. The highest BCUT2D eigenvalue weighted by Crippen LogP contribution is 2.14. The van der Waals surface area contributed by atoms with Crippen molar-refractivity contribution in [3.8, 4) is 0 Å². The van der Waals surface area contributed by atoms with Crippen LogP contribution in [0, 0.1) is 6.07 Å². The van der Waals surface area contributed by atoms with E-state index in [1.807, 2.05) is 0 Å². The first kappa shape index (κ1) is 10.6. The van der Waals surface area contributed by atoms with Crippen LogP contribution < -0.4 is 5.73 Å². The Kier molecular flexibility index (Phi) is 2.83. The van der Waals surface area contributed by atoms with E-state index in [2.05, 4.69) is 11.1 Å². The molecule has 0 bridgehead atoms. The van der Waals surface area contributed by atoms with Crippen LogP contribution in [0.15, 0.2) is 36.8 Å². The van der Waals surface area contributed by atoms with Gasteiger partial charge in [-0.1, -0.05) is 24.3 Å². The molecule has 1 radical (unpaired) electrons. The summed E-state index contributed by atoms with van der Waals surface area (Å²) in [5, 5.41) is 0. The largest absolute Gasteiger partial charge is 0.331 e. The third-order valence-corrected chi connectivity index (χ3v) is 2.45. The Labute approximate surface area is 93.7 Å². The summed E-state index contributed by atoms with van der Waals surface area (Å²) in [5.41, 5.74) is 7.19. The average molecular weight is 214 g/mol. The molecule has 16 heavy (non-hydrogen) atoms. The van der Waals surface area contributed by atoms with Crippen molar-refractivity contribution in [1.82, 2.24) is 9.55 Å². The van der Waals surface area contributed by atoms with E-state index in [9.17, 15) is 4.79 Å². The number of nitrogens with zero attached hydrogens (tertiary/aromatic N) is 2. The van der Waals surface area contributed by atoms with E-state index in [1.165, 1.54) is 6.20 Å². The van der Waals surface area contributed by atoms with Crippen LogP contribution in [0.1, 0.15) is 22.1 Å². The monoisotopic (exact) mass is 214 g/mol. The molecule has 1 atom stereocenters. The molecule has 2 aromatic rings. The van der Waals surface area contributed by atoms with Crippen LogP contribution in [0.2, 0.25) is 0 Å². The quantitative estimate of drug-likeness (QED) is 0.778. The van der Waals surface area contributed by atoms with E-state index < -0.39 is 6.04 Å². The molecule has 1 unspecified atom stereocenters. The van der Waals surface area contributed by atoms with Gasteiger partial charge in [0.2, 0.25) is 5.78 Å². The Morgan fingerprint density at radius 1 is 1.50 bits per heavy atom. The summed E-state index contributed by atoms with van der Waals surface area (Å²) in [5.74, 6) is -0.133. The lowest BCUT2D eigenvalue weighted by Gasteiger charge is -2.10. The maximum Gasteiger partial charge on any atom is 0.201 e.